The number of benzene rings is 1. The first-order valence-corrected chi connectivity index (χ1v) is 6.79. The van der Waals surface area contributed by atoms with Crippen molar-refractivity contribution in [1.29, 1.82) is 0 Å². The van der Waals surface area contributed by atoms with Gasteiger partial charge in [-0.15, -0.1) is 0 Å². The zero-order chi connectivity index (χ0) is 12.7. The van der Waals surface area contributed by atoms with E-state index in [0.717, 1.165) is 26.1 Å². The Hall–Kier alpha value is -1.32. The molecule has 1 aliphatic heterocycles. The lowest BCUT2D eigenvalue weighted by Gasteiger charge is -2.05. The molecule has 1 atom stereocenters. The topological polar surface area (TPSA) is 43.0 Å². The van der Waals surface area contributed by atoms with E-state index in [2.05, 4.69) is 42.1 Å². The van der Waals surface area contributed by atoms with Crippen LogP contribution in [0, 0.1) is 0 Å². The highest BCUT2D eigenvalue weighted by Crippen LogP contribution is 2.28. The Labute approximate surface area is 108 Å². The lowest BCUT2D eigenvalue weighted by Crippen LogP contribution is -2.17. The summed E-state index contributed by atoms with van der Waals surface area (Å²) in [5, 5.41) is 4.80. The molecule has 0 saturated heterocycles. The Morgan fingerprint density at radius 1 is 1.33 bits per heavy atom. The molecule has 1 aromatic heterocycles. The van der Waals surface area contributed by atoms with Crippen LogP contribution in [-0.4, -0.2) is 10.6 Å². The van der Waals surface area contributed by atoms with Gasteiger partial charge in [-0.05, 0) is 49.1 Å². The molecule has 3 nitrogen and oxygen atoms in total. The lowest BCUT2D eigenvalue weighted by atomic mass is 10.0. The molecule has 2 heterocycles. The van der Waals surface area contributed by atoms with E-state index in [1.165, 1.54) is 27.6 Å². The second-order valence-electron chi connectivity index (χ2n) is 5.36. The number of rotatable bonds is 3. The third kappa shape index (κ3) is 1.84. The third-order valence-electron chi connectivity index (χ3n) is 3.80. The summed E-state index contributed by atoms with van der Waals surface area (Å²) in [5.41, 5.74) is 11.6. The van der Waals surface area contributed by atoms with Crippen LogP contribution in [0.15, 0.2) is 18.3 Å². The predicted octanol–water partition coefficient (Wildman–Crippen LogP) is 2.15. The van der Waals surface area contributed by atoms with Gasteiger partial charge in [0, 0.05) is 42.8 Å². The van der Waals surface area contributed by atoms with Gasteiger partial charge >= 0.3 is 0 Å². The van der Waals surface area contributed by atoms with E-state index in [-0.39, 0.29) is 6.04 Å². The third-order valence-corrected chi connectivity index (χ3v) is 3.80. The van der Waals surface area contributed by atoms with Gasteiger partial charge in [0.15, 0.2) is 0 Å². The van der Waals surface area contributed by atoms with Gasteiger partial charge in [-0.2, -0.15) is 0 Å². The molecule has 1 aromatic carbocycles. The van der Waals surface area contributed by atoms with E-state index in [1.54, 1.807) is 0 Å². The summed E-state index contributed by atoms with van der Waals surface area (Å²) in [5.74, 6) is 0. The van der Waals surface area contributed by atoms with E-state index in [9.17, 15) is 0 Å². The smallest absolute Gasteiger partial charge is 0.0486 e. The fourth-order valence-corrected chi connectivity index (χ4v) is 2.93. The second-order valence-corrected chi connectivity index (χ2v) is 5.36. The van der Waals surface area contributed by atoms with Crippen LogP contribution in [0.1, 0.15) is 30.5 Å². The average Bonchev–Trinajstić information content (AvgIpc) is 2.90. The minimum Gasteiger partial charge on any atom is -0.347 e. The van der Waals surface area contributed by atoms with Crippen LogP contribution in [0.25, 0.3) is 10.9 Å². The van der Waals surface area contributed by atoms with Crippen LogP contribution >= 0.6 is 0 Å². The first kappa shape index (κ1) is 11.8. The number of nitrogens with one attached hydrogen (secondary N) is 1. The van der Waals surface area contributed by atoms with Crippen molar-refractivity contribution in [3.63, 3.8) is 0 Å². The maximum atomic E-state index is 5.96. The van der Waals surface area contributed by atoms with Gasteiger partial charge in [-0.25, -0.2) is 0 Å². The molecule has 3 rings (SSSR count). The zero-order valence-electron chi connectivity index (χ0n) is 11.2. The average molecular weight is 243 g/mol. The number of aromatic nitrogens is 1. The van der Waals surface area contributed by atoms with Gasteiger partial charge in [-0.3, -0.25) is 0 Å². The van der Waals surface area contributed by atoms with Gasteiger partial charge < -0.3 is 15.6 Å². The van der Waals surface area contributed by atoms with E-state index in [0.29, 0.717) is 0 Å². The molecule has 0 saturated carbocycles. The Morgan fingerprint density at radius 2 is 2.06 bits per heavy atom. The fraction of sp³-hybridized carbons (Fsp3) is 0.467. The Kier molecular flexibility index (Phi) is 2.88. The highest BCUT2D eigenvalue weighted by atomic mass is 15.0. The van der Waals surface area contributed by atoms with Crippen molar-refractivity contribution in [2.45, 2.75) is 45.9 Å². The highest BCUT2D eigenvalue weighted by molar-refractivity contribution is 5.86. The number of fused-ring (bicyclic) bond motifs is 2. The van der Waals surface area contributed by atoms with Gasteiger partial charge in [0.05, 0.1) is 0 Å². The molecule has 0 amide bonds. The van der Waals surface area contributed by atoms with Crippen LogP contribution in [0.4, 0.5) is 0 Å². The molecular weight excluding hydrogens is 222 g/mol. The van der Waals surface area contributed by atoms with Gasteiger partial charge in [0.25, 0.3) is 0 Å². The van der Waals surface area contributed by atoms with Crippen molar-refractivity contribution in [3.8, 4) is 0 Å². The largest absolute Gasteiger partial charge is 0.347 e. The van der Waals surface area contributed by atoms with Gasteiger partial charge in [0.1, 0.15) is 0 Å². The first-order chi connectivity index (χ1) is 8.69. The van der Waals surface area contributed by atoms with Gasteiger partial charge in [-0.1, -0.05) is 0 Å². The van der Waals surface area contributed by atoms with Crippen LogP contribution in [0.5, 0.6) is 0 Å². The van der Waals surface area contributed by atoms with Crippen LogP contribution in [0.3, 0.4) is 0 Å². The zero-order valence-corrected chi connectivity index (χ0v) is 11.2. The highest BCUT2D eigenvalue weighted by Gasteiger charge is 2.15. The summed E-state index contributed by atoms with van der Waals surface area (Å²) in [6.45, 7) is 7.29. The summed E-state index contributed by atoms with van der Waals surface area (Å²) in [6, 6.07) is 4.92. The summed E-state index contributed by atoms with van der Waals surface area (Å²) in [4.78, 5) is 0. The molecule has 0 fully saturated rings. The molecule has 18 heavy (non-hydrogen) atoms. The van der Waals surface area contributed by atoms with Crippen LogP contribution in [0.2, 0.25) is 0 Å². The number of nitrogens with two attached hydrogens (primary N) is 1. The van der Waals surface area contributed by atoms with E-state index in [4.69, 9.17) is 5.73 Å². The van der Waals surface area contributed by atoms with E-state index < -0.39 is 0 Å². The number of hydrogen-bond donors (Lipinski definition) is 2. The molecule has 2 aromatic rings. The van der Waals surface area contributed by atoms with Crippen molar-refractivity contribution < 1.29 is 0 Å². The number of aryl methyl sites for hydroxylation is 1. The molecule has 96 valence electrons. The predicted molar refractivity (Wildman–Crippen MR) is 75.5 cm³/mol. The van der Waals surface area contributed by atoms with E-state index >= 15 is 0 Å². The van der Waals surface area contributed by atoms with Gasteiger partial charge in [0.2, 0.25) is 0 Å². The molecule has 0 aliphatic carbocycles. The minimum atomic E-state index is 0.215. The number of hydrogen-bond acceptors (Lipinski definition) is 2. The monoisotopic (exact) mass is 243 g/mol. The molecule has 1 unspecified atom stereocenters. The van der Waals surface area contributed by atoms with Crippen molar-refractivity contribution >= 4 is 10.9 Å². The van der Waals surface area contributed by atoms with E-state index in [1.807, 2.05) is 0 Å². The minimum absolute atomic E-state index is 0.215. The standard InChI is InChI=1S/C15H21N3/c1-3-18-9-13(4-10(2)16)14-5-11-7-17-8-12(11)6-15(14)18/h5-6,9-10,17H,3-4,7-8,16H2,1-2H3. The molecule has 0 spiro atoms. The summed E-state index contributed by atoms with van der Waals surface area (Å²) in [7, 11) is 0. The molecule has 1 aliphatic rings. The molecular formula is C15H21N3. The first-order valence-electron chi connectivity index (χ1n) is 6.79. The van der Waals surface area contributed by atoms with Crippen molar-refractivity contribution in [2.75, 3.05) is 0 Å². The molecule has 3 N–H and O–H groups in total. The molecule has 3 heteroatoms. The Morgan fingerprint density at radius 3 is 2.72 bits per heavy atom. The lowest BCUT2D eigenvalue weighted by molar-refractivity contribution is 0.731. The summed E-state index contributed by atoms with van der Waals surface area (Å²) < 4.78 is 2.34. The van der Waals surface area contributed by atoms with Crippen LogP contribution in [-0.2, 0) is 26.1 Å². The van der Waals surface area contributed by atoms with Crippen molar-refractivity contribution in [1.82, 2.24) is 9.88 Å². The SMILES string of the molecule is CCn1cc(CC(C)N)c2cc3c(cc21)CNC3. The normalized spacial score (nSPS) is 16.2. The van der Waals surface area contributed by atoms with Crippen molar-refractivity contribution in [3.05, 3.63) is 35.0 Å². The van der Waals surface area contributed by atoms with Crippen LogP contribution < -0.4 is 11.1 Å². The molecule has 0 bridgehead atoms. The number of nitrogens with zero attached hydrogens (tertiary/aromatic N) is 1. The second kappa shape index (κ2) is 4.41. The quantitative estimate of drug-likeness (QED) is 0.867. The summed E-state index contributed by atoms with van der Waals surface area (Å²) >= 11 is 0. The fourth-order valence-electron chi connectivity index (χ4n) is 2.93. The Balaban J connectivity index is 2.19. The van der Waals surface area contributed by atoms with Crippen molar-refractivity contribution in [2.24, 2.45) is 5.73 Å². The maximum absolute atomic E-state index is 5.96. The summed E-state index contributed by atoms with van der Waals surface area (Å²) in [6.07, 6.45) is 3.23. The maximum Gasteiger partial charge on any atom is 0.0486 e. The molecule has 0 radical (unpaired) electrons. The Bertz CT molecular complexity index is 581.